The van der Waals surface area contributed by atoms with Crippen LogP contribution >= 0.6 is 0 Å². The van der Waals surface area contributed by atoms with Crippen LogP contribution < -0.4 is 0 Å². The topological polar surface area (TPSA) is 26.7 Å². The molecule has 0 spiro atoms. The Morgan fingerprint density at radius 2 is 1.44 bits per heavy atom. The summed E-state index contributed by atoms with van der Waals surface area (Å²) in [6, 6.07) is 22.5. The second-order valence-corrected chi connectivity index (χ2v) is 7.53. The van der Waals surface area contributed by atoms with Crippen LogP contribution in [0.15, 0.2) is 60.7 Å². The molecule has 4 rings (SSSR count). The van der Waals surface area contributed by atoms with E-state index in [2.05, 4.69) is 70.5 Å². The molecule has 2 aliphatic heterocycles. The SMILES string of the molecule is O[C@H]1CCN2C[C@@H](N(Cc3ccccc3)Cc3ccccc3)CC[C@H]12. The van der Waals surface area contributed by atoms with Gasteiger partial charge in [-0.1, -0.05) is 60.7 Å². The third-order valence-corrected chi connectivity index (χ3v) is 5.84. The predicted octanol–water partition coefficient (Wildman–Crippen LogP) is 3.29. The van der Waals surface area contributed by atoms with Crippen molar-refractivity contribution in [2.24, 2.45) is 0 Å². The van der Waals surface area contributed by atoms with Crippen LogP contribution in [-0.2, 0) is 13.1 Å². The minimum absolute atomic E-state index is 0.113. The molecule has 2 aromatic rings. The molecule has 2 aromatic carbocycles. The van der Waals surface area contributed by atoms with E-state index in [0.717, 1.165) is 39.0 Å². The summed E-state index contributed by atoms with van der Waals surface area (Å²) >= 11 is 0. The number of hydrogen-bond donors (Lipinski definition) is 1. The minimum Gasteiger partial charge on any atom is -0.391 e. The molecule has 0 radical (unpaired) electrons. The van der Waals surface area contributed by atoms with Crippen molar-refractivity contribution in [1.82, 2.24) is 9.80 Å². The molecule has 0 aromatic heterocycles. The van der Waals surface area contributed by atoms with E-state index in [9.17, 15) is 5.11 Å². The Morgan fingerprint density at radius 1 is 0.840 bits per heavy atom. The van der Waals surface area contributed by atoms with Crippen LogP contribution in [0.1, 0.15) is 30.4 Å². The van der Waals surface area contributed by atoms with Crippen molar-refractivity contribution in [3.8, 4) is 0 Å². The highest BCUT2D eigenvalue weighted by atomic mass is 16.3. The zero-order valence-electron chi connectivity index (χ0n) is 14.8. The first kappa shape index (κ1) is 16.8. The van der Waals surface area contributed by atoms with E-state index < -0.39 is 0 Å². The lowest BCUT2D eigenvalue weighted by molar-refractivity contribution is 0.0369. The molecule has 0 saturated carbocycles. The van der Waals surface area contributed by atoms with E-state index >= 15 is 0 Å². The smallest absolute Gasteiger partial charge is 0.0707 e. The average Bonchev–Trinajstić information content (AvgIpc) is 3.03. The normalized spacial score (nSPS) is 26.7. The van der Waals surface area contributed by atoms with E-state index in [4.69, 9.17) is 0 Å². The number of aliphatic hydroxyl groups excluding tert-OH is 1. The van der Waals surface area contributed by atoms with Gasteiger partial charge in [0.15, 0.2) is 0 Å². The lowest BCUT2D eigenvalue weighted by Gasteiger charge is -2.41. The van der Waals surface area contributed by atoms with E-state index in [1.165, 1.54) is 17.5 Å². The average molecular weight is 336 g/mol. The first-order valence-corrected chi connectivity index (χ1v) is 9.53. The zero-order chi connectivity index (χ0) is 17.1. The fourth-order valence-electron chi connectivity index (χ4n) is 4.47. The van der Waals surface area contributed by atoms with E-state index in [-0.39, 0.29) is 6.10 Å². The highest BCUT2D eigenvalue weighted by Crippen LogP contribution is 2.30. The van der Waals surface area contributed by atoms with Crippen molar-refractivity contribution in [1.29, 1.82) is 0 Å². The van der Waals surface area contributed by atoms with Gasteiger partial charge in [-0.25, -0.2) is 0 Å². The highest BCUT2D eigenvalue weighted by molar-refractivity contribution is 5.17. The van der Waals surface area contributed by atoms with E-state index in [0.29, 0.717) is 12.1 Å². The summed E-state index contributed by atoms with van der Waals surface area (Å²) < 4.78 is 0. The van der Waals surface area contributed by atoms with Gasteiger partial charge in [0, 0.05) is 38.3 Å². The first-order chi connectivity index (χ1) is 12.3. The van der Waals surface area contributed by atoms with Crippen LogP contribution in [-0.4, -0.2) is 46.2 Å². The monoisotopic (exact) mass is 336 g/mol. The second-order valence-electron chi connectivity index (χ2n) is 7.53. The Balaban J connectivity index is 1.50. The molecule has 132 valence electrons. The van der Waals surface area contributed by atoms with Crippen molar-refractivity contribution < 1.29 is 5.11 Å². The molecule has 0 amide bonds. The molecule has 3 nitrogen and oxygen atoms in total. The number of aliphatic hydroxyl groups is 1. The quantitative estimate of drug-likeness (QED) is 0.908. The molecule has 3 heteroatoms. The van der Waals surface area contributed by atoms with Gasteiger partial charge < -0.3 is 5.11 Å². The molecule has 2 aliphatic rings. The van der Waals surface area contributed by atoms with Crippen LogP contribution in [0.25, 0.3) is 0 Å². The van der Waals surface area contributed by atoms with Gasteiger partial charge in [0.1, 0.15) is 0 Å². The summed E-state index contributed by atoms with van der Waals surface area (Å²) in [4.78, 5) is 5.15. The molecular formula is C22H28N2O. The number of rotatable bonds is 5. The van der Waals surface area contributed by atoms with Gasteiger partial charge in [0.25, 0.3) is 0 Å². The third kappa shape index (κ3) is 3.95. The molecule has 1 N–H and O–H groups in total. The van der Waals surface area contributed by atoms with Crippen LogP contribution in [0.2, 0.25) is 0 Å². The summed E-state index contributed by atoms with van der Waals surface area (Å²) in [5, 5.41) is 10.2. The Kier molecular flexibility index (Phi) is 5.16. The fourth-order valence-corrected chi connectivity index (χ4v) is 4.47. The molecule has 2 fully saturated rings. The largest absolute Gasteiger partial charge is 0.391 e. The number of piperidine rings is 1. The molecular weight excluding hydrogens is 308 g/mol. The maximum atomic E-state index is 10.2. The Labute approximate surface area is 150 Å². The summed E-state index contributed by atoms with van der Waals surface area (Å²) in [6.45, 7) is 4.11. The van der Waals surface area contributed by atoms with Crippen molar-refractivity contribution >= 4 is 0 Å². The highest BCUT2D eigenvalue weighted by Gasteiger charge is 2.38. The van der Waals surface area contributed by atoms with Gasteiger partial charge >= 0.3 is 0 Å². The lowest BCUT2D eigenvalue weighted by Crippen LogP contribution is -2.51. The Hall–Kier alpha value is -1.68. The molecule has 2 saturated heterocycles. The van der Waals surface area contributed by atoms with Crippen LogP contribution in [0.3, 0.4) is 0 Å². The molecule has 0 unspecified atom stereocenters. The number of hydrogen-bond acceptors (Lipinski definition) is 3. The zero-order valence-corrected chi connectivity index (χ0v) is 14.8. The van der Waals surface area contributed by atoms with Gasteiger partial charge in [-0.15, -0.1) is 0 Å². The van der Waals surface area contributed by atoms with Gasteiger partial charge in [-0.05, 0) is 30.4 Å². The van der Waals surface area contributed by atoms with Gasteiger partial charge in [-0.3, -0.25) is 9.80 Å². The minimum atomic E-state index is -0.113. The Morgan fingerprint density at radius 3 is 2.04 bits per heavy atom. The third-order valence-electron chi connectivity index (χ3n) is 5.84. The molecule has 0 bridgehead atoms. The molecule has 0 aliphatic carbocycles. The van der Waals surface area contributed by atoms with Crippen molar-refractivity contribution in [2.45, 2.75) is 50.5 Å². The number of nitrogens with zero attached hydrogens (tertiary/aromatic N) is 2. The Bertz CT molecular complexity index is 619. The molecule has 3 atom stereocenters. The van der Waals surface area contributed by atoms with Crippen LogP contribution in [0, 0.1) is 0 Å². The standard InChI is InChI=1S/C22H28N2O/c25-22-13-14-23-17-20(11-12-21(22)23)24(15-18-7-3-1-4-8-18)16-19-9-5-2-6-10-19/h1-10,20-22,25H,11-17H2/t20-,21+,22-/m0/s1. The number of fused-ring (bicyclic) bond motifs is 1. The molecule has 2 heterocycles. The summed E-state index contributed by atoms with van der Waals surface area (Å²) in [5.41, 5.74) is 2.75. The van der Waals surface area contributed by atoms with Gasteiger partial charge in [0.05, 0.1) is 6.10 Å². The maximum Gasteiger partial charge on any atom is 0.0707 e. The summed E-state index contributed by atoms with van der Waals surface area (Å²) in [6.07, 6.45) is 3.12. The number of benzene rings is 2. The van der Waals surface area contributed by atoms with Crippen molar-refractivity contribution in [3.63, 3.8) is 0 Å². The van der Waals surface area contributed by atoms with Crippen molar-refractivity contribution in [3.05, 3.63) is 71.8 Å². The van der Waals surface area contributed by atoms with Gasteiger partial charge in [-0.2, -0.15) is 0 Å². The summed E-state index contributed by atoms with van der Waals surface area (Å²) in [5.74, 6) is 0. The van der Waals surface area contributed by atoms with Crippen LogP contribution in [0.4, 0.5) is 0 Å². The van der Waals surface area contributed by atoms with E-state index in [1.807, 2.05) is 0 Å². The van der Waals surface area contributed by atoms with Gasteiger partial charge in [0.2, 0.25) is 0 Å². The maximum absolute atomic E-state index is 10.2. The molecule has 25 heavy (non-hydrogen) atoms. The summed E-state index contributed by atoms with van der Waals surface area (Å²) in [7, 11) is 0. The van der Waals surface area contributed by atoms with Crippen LogP contribution in [0.5, 0.6) is 0 Å². The fraction of sp³-hybridized carbons (Fsp3) is 0.455. The van der Waals surface area contributed by atoms with E-state index in [1.54, 1.807) is 0 Å². The first-order valence-electron chi connectivity index (χ1n) is 9.53. The predicted molar refractivity (Wildman–Crippen MR) is 101 cm³/mol. The second kappa shape index (κ2) is 7.69. The van der Waals surface area contributed by atoms with Crippen molar-refractivity contribution in [2.75, 3.05) is 13.1 Å². The lowest BCUT2D eigenvalue weighted by atomic mass is 9.95.